The summed E-state index contributed by atoms with van der Waals surface area (Å²) >= 11 is 0. The zero-order chi connectivity index (χ0) is 11.9. The van der Waals surface area contributed by atoms with E-state index in [1.54, 1.807) is 0 Å². The van der Waals surface area contributed by atoms with Gasteiger partial charge in [0.05, 0.1) is 5.54 Å². The Labute approximate surface area is 103 Å². The molecule has 1 aliphatic carbocycles. The molecule has 0 spiro atoms. The zero-order valence-electron chi connectivity index (χ0n) is 10.9. The molecule has 1 N–H and O–H groups in total. The molecule has 4 nitrogen and oxygen atoms in total. The van der Waals surface area contributed by atoms with Crippen LogP contribution < -0.4 is 5.32 Å². The summed E-state index contributed by atoms with van der Waals surface area (Å²) in [5, 5.41) is 12.4. The topological polar surface area (TPSA) is 42.7 Å². The predicted octanol–water partition coefficient (Wildman–Crippen LogP) is 2.30. The molecule has 0 bridgehead atoms. The van der Waals surface area contributed by atoms with Gasteiger partial charge >= 0.3 is 0 Å². The molecule has 0 radical (unpaired) electrons. The SMILES string of the molecule is Cc1nnc(C2(C)CCCN2)n1C1CCCC1. The molecule has 1 unspecified atom stereocenters. The molecule has 2 heterocycles. The van der Waals surface area contributed by atoms with Crippen molar-refractivity contribution in [3.63, 3.8) is 0 Å². The highest BCUT2D eigenvalue weighted by Gasteiger charge is 2.37. The second-order valence-electron chi connectivity index (χ2n) is 5.74. The van der Waals surface area contributed by atoms with E-state index in [1.165, 1.54) is 44.3 Å². The lowest BCUT2D eigenvalue weighted by Crippen LogP contribution is -2.37. The summed E-state index contributed by atoms with van der Waals surface area (Å²) in [7, 11) is 0. The largest absolute Gasteiger partial charge is 0.311 e. The minimum atomic E-state index is 0.0455. The van der Waals surface area contributed by atoms with Crippen molar-refractivity contribution >= 4 is 0 Å². The van der Waals surface area contributed by atoms with Gasteiger partial charge < -0.3 is 9.88 Å². The van der Waals surface area contributed by atoms with Crippen molar-refractivity contribution in [2.45, 2.75) is 64.0 Å². The summed E-state index contributed by atoms with van der Waals surface area (Å²) in [6, 6.07) is 0.638. The minimum absolute atomic E-state index is 0.0455. The Morgan fingerprint density at radius 2 is 2.00 bits per heavy atom. The van der Waals surface area contributed by atoms with Crippen LogP contribution in [0.3, 0.4) is 0 Å². The number of aryl methyl sites for hydroxylation is 1. The van der Waals surface area contributed by atoms with Crippen LogP contribution in [0.4, 0.5) is 0 Å². The predicted molar refractivity (Wildman–Crippen MR) is 66.9 cm³/mol. The van der Waals surface area contributed by atoms with Gasteiger partial charge in [0.1, 0.15) is 5.82 Å². The Morgan fingerprint density at radius 1 is 1.24 bits per heavy atom. The summed E-state index contributed by atoms with van der Waals surface area (Å²) in [6.45, 7) is 5.47. The van der Waals surface area contributed by atoms with Crippen LogP contribution in [-0.2, 0) is 5.54 Å². The van der Waals surface area contributed by atoms with Gasteiger partial charge in [0.2, 0.25) is 0 Å². The molecule has 0 aromatic carbocycles. The molecule has 1 aromatic rings. The molecule has 94 valence electrons. The molecule has 3 rings (SSSR count). The molecule has 1 aliphatic heterocycles. The molecule has 2 fully saturated rings. The van der Waals surface area contributed by atoms with Gasteiger partial charge in [0.15, 0.2) is 5.82 Å². The first-order valence-electron chi connectivity index (χ1n) is 6.88. The van der Waals surface area contributed by atoms with E-state index in [0.717, 1.165) is 12.4 Å². The van der Waals surface area contributed by atoms with Gasteiger partial charge in [-0.2, -0.15) is 0 Å². The van der Waals surface area contributed by atoms with Crippen LogP contribution in [-0.4, -0.2) is 21.3 Å². The Morgan fingerprint density at radius 3 is 2.65 bits per heavy atom. The fourth-order valence-electron chi connectivity index (χ4n) is 3.43. The lowest BCUT2D eigenvalue weighted by atomic mass is 9.98. The van der Waals surface area contributed by atoms with E-state index in [0.29, 0.717) is 6.04 Å². The fourth-order valence-corrected chi connectivity index (χ4v) is 3.43. The van der Waals surface area contributed by atoms with Gasteiger partial charge in [-0.25, -0.2) is 0 Å². The van der Waals surface area contributed by atoms with Crippen LogP contribution in [0, 0.1) is 6.92 Å². The Bertz CT molecular complexity index is 398. The number of rotatable bonds is 2. The maximum Gasteiger partial charge on any atom is 0.153 e. The van der Waals surface area contributed by atoms with Crippen molar-refractivity contribution < 1.29 is 0 Å². The van der Waals surface area contributed by atoms with Crippen molar-refractivity contribution in [3.05, 3.63) is 11.6 Å². The van der Waals surface area contributed by atoms with Crippen LogP contribution in [0.15, 0.2) is 0 Å². The normalized spacial score (nSPS) is 30.2. The van der Waals surface area contributed by atoms with Crippen LogP contribution in [0.2, 0.25) is 0 Å². The smallest absolute Gasteiger partial charge is 0.153 e. The molecule has 1 saturated carbocycles. The highest BCUT2D eigenvalue weighted by molar-refractivity contribution is 5.11. The molecule has 1 saturated heterocycles. The molecule has 0 amide bonds. The number of hydrogen-bond donors (Lipinski definition) is 1. The van der Waals surface area contributed by atoms with E-state index >= 15 is 0 Å². The molecule has 4 heteroatoms. The maximum atomic E-state index is 4.46. The van der Waals surface area contributed by atoms with E-state index in [2.05, 4.69) is 33.9 Å². The van der Waals surface area contributed by atoms with E-state index < -0.39 is 0 Å². The van der Waals surface area contributed by atoms with Crippen molar-refractivity contribution in [2.24, 2.45) is 0 Å². The van der Waals surface area contributed by atoms with E-state index in [-0.39, 0.29) is 5.54 Å². The third kappa shape index (κ3) is 1.79. The van der Waals surface area contributed by atoms with Crippen LogP contribution >= 0.6 is 0 Å². The van der Waals surface area contributed by atoms with Gasteiger partial charge in [-0.15, -0.1) is 10.2 Å². The first kappa shape index (κ1) is 11.2. The van der Waals surface area contributed by atoms with Gasteiger partial charge in [-0.05, 0) is 46.1 Å². The molecular formula is C13H22N4. The summed E-state index contributed by atoms with van der Waals surface area (Å²) < 4.78 is 2.41. The Balaban J connectivity index is 1.99. The first-order chi connectivity index (χ1) is 8.21. The van der Waals surface area contributed by atoms with Gasteiger partial charge in [-0.1, -0.05) is 12.8 Å². The average molecular weight is 234 g/mol. The summed E-state index contributed by atoms with van der Waals surface area (Å²) in [5.41, 5.74) is 0.0455. The lowest BCUT2D eigenvalue weighted by molar-refractivity contribution is 0.360. The third-order valence-corrected chi connectivity index (χ3v) is 4.42. The monoisotopic (exact) mass is 234 g/mol. The molecule has 1 aromatic heterocycles. The molecule has 2 aliphatic rings. The fraction of sp³-hybridized carbons (Fsp3) is 0.846. The highest BCUT2D eigenvalue weighted by Crippen LogP contribution is 2.36. The van der Waals surface area contributed by atoms with Gasteiger partial charge in [0, 0.05) is 6.04 Å². The summed E-state index contributed by atoms with van der Waals surface area (Å²) in [5.74, 6) is 2.25. The Hall–Kier alpha value is -0.900. The lowest BCUT2D eigenvalue weighted by Gasteiger charge is -2.27. The van der Waals surface area contributed by atoms with E-state index in [1.807, 2.05) is 0 Å². The van der Waals surface area contributed by atoms with Gasteiger partial charge in [-0.3, -0.25) is 0 Å². The van der Waals surface area contributed by atoms with Gasteiger partial charge in [0.25, 0.3) is 0 Å². The quantitative estimate of drug-likeness (QED) is 0.854. The third-order valence-electron chi connectivity index (χ3n) is 4.42. The Kier molecular flexibility index (Phi) is 2.69. The summed E-state index contributed by atoms with van der Waals surface area (Å²) in [6.07, 6.45) is 7.71. The number of aromatic nitrogens is 3. The zero-order valence-corrected chi connectivity index (χ0v) is 10.9. The highest BCUT2D eigenvalue weighted by atomic mass is 15.3. The number of hydrogen-bond acceptors (Lipinski definition) is 3. The summed E-state index contributed by atoms with van der Waals surface area (Å²) in [4.78, 5) is 0. The number of nitrogens with one attached hydrogen (secondary N) is 1. The average Bonchev–Trinajstić information content (AvgIpc) is 2.97. The number of nitrogens with zero attached hydrogens (tertiary/aromatic N) is 3. The molecule has 17 heavy (non-hydrogen) atoms. The second-order valence-corrected chi connectivity index (χ2v) is 5.74. The molecule has 1 atom stereocenters. The van der Waals surface area contributed by atoms with Crippen LogP contribution in [0.5, 0.6) is 0 Å². The van der Waals surface area contributed by atoms with Crippen LogP contribution in [0.1, 0.15) is 63.1 Å². The van der Waals surface area contributed by atoms with E-state index in [4.69, 9.17) is 0 Å². The maximum absolute atomic E-state index is 4.46. The second kappa shape index (κ2) is 4.09. The molecular weight excluding hydrogens is 212 g/mol. The van der Waals surface area contributed by atoms with Crippen molar-refractivity contribution in [1.82, 2.24) is 20.1 Å². The first-order valence-corrected chi connectivity index (χ1v) is 6.88. The minimum Gasteiger partial charge on any atom is -0.311 e. The van der Waals surface area contributed by atoms with Crippen LogP contribution in [0.25, 0.3) is 0 Å². The van der Waals surface area contributed by atoms with E-state index in [9.17, 15) is 0 Å². The van der Waals surface area contributed by atoms with Crippen molar-refractivity contribution in [3.8, 4) is 0 Å². The van der Waals surface area contributed by atoms with Crippen molar-refractivity contribution in [2.75, 3.05) is 6.54 Å². The standard InChI is InChI=1S/C13H22N4/c1-10-15-16-12(13(2)8-5-9-14-13)17(10)11-6-3-4-7-11/h11,14H,3-9H2,1-2H3. The van der Waals surface area contributed by atoms with Crippen molar-refractivity contribution in [1.29, 1.82) is 0 Å².